The van der Waals surface area contributed by atoms with Crippen LogP contribution in [-0.2, 0) is 20.6 Å². The number of ether oxygens (including phenoxy) is 1. The maximum absolute atomic E-state index is 12.8. The molecule has 1 aliphatic rings. The molecule has 2 rings (SSSR count). The summed E-state index contributed by atoms with van der Waals surface area (Å²) in [4.78, 5) is 0.216. The van der Waals surface area contributed by atoms with E-state index in [9.17, 15) is 8.42 Å². The van der Waals surface area contributed by atoms with Gasteiger partial charge in [-0.15, -0.1) is 11.6 Å². The number of alkyl halides is 1. The minimum absolute atomic E-state index is 0.121. The summed E-state index contributed by atoms with van der Waals surface area (Å²) >= 11 is 5.86. The van der Waals surface area contributed by atoms with Gasteiger partial charge in [-0.2, -0.15) is 4.31 Å². The van der Waals surface area contributed by atoms with Gasteiger partial charge in [0.25, 0.3) is 0 Å². The first-order valence-corrected chi connectivity index (χ1v) is 8.11. The molecule has 1 unspecified atom stereocenters. The van der Waals surface area contributed by atoms with E-state index in [0.29, 0.717) is 36.8 Å². The van der Waals surface area contributed by atoms with Crippen molar-refractivity contribution in [2.75, 3.05) is 19.8 Å². The molecule has 0 aliphatic carbocycles. The van der Waals surface area contributed by atoms with E-state index < -0.39 is 10.0 Å². The minimum atomic E-state index is -3.59. The van der Waals surface area contributed by atoms with Crippen molar-refractivity contribution in [2.45, 2.75) is 37.6 Å². The lowest BCUT2D eigenvalue weighted by molar-refractivity contribution is 0.0392. The highest BCUT2D eigenvalue weighted by Gasteiger charge is 2.36. The van der Waals surface area contributed by atoms with Crippen molar-refractivity contribution in [2.24, 2.45) is 0 Å². The highest BCUT2D eigenvalue weighted by atomic mass is 35.5. The average molecular weight is 308 g/mol. The van der Waals surface area contributed by atoms with E-state index in [1.165, 1.54) is 4.31 Å². The summed E-state index contributed by atoms with van der Waals surface area (Å²) in [7, 11) is -3.59. The quantitative estimate of drug-likeness (QED) is 0.802. The van der Waals surface area contributed by atoms with Gasteiger partial charge in [0.1, 0.15) is 16.4 Å². The predicted octanol–water partition coefficient (Wildman–Crippen LogP) is 2.04. The van der Waals surface area contributed by atoms with E-state index in [1.54, 1.807) is 13.8 Å². The molecule has 19 heavy (non-hydrogen) atoms. The van der Waals surface area contributed by atoms with Gasteiger partial charge in [0.2, 0.25) is 10.0 Å². The Labute approximate surface area is 118 Å². The van der Waals surface area contributed by atoms with Gasteiger partial charge in [-0.3, -0.25) is 0 Å². The summed E-state index contributed by atoms with van der Waals surface area (Å²) in [5.74, 6) is 1.08. The first-order valence-electron chi connectivity index (χ1n) is 6.14. The lowest BCUT2D eigenvalue weighted by Crippen LogP contribution is -2.47. The Morgan fingerprint density at radius 3 is 2.63 bits per heavy atom. The van der Waals surface area contributed by atoms with Crippen LogP contribution < -0.4 is 0 Å². The topological polar surface area (TPSA) is 59.8 Å². The number of hydrogen-bond acceptors (Lipinski definition) is 4. The molecule has 1 saturated heterocycles. The predicted molar refractivity (Wildman–Crippen MR) is 71.9 cm³/mol. The van der Waals surface area contributed by atoms with Crippen molar-refractivity contribution in [1.29, 1.82) is 0 Å². The van der Waals surface area contributed by atoms with E-state index in [-0.39, 0.29) is 16.8 Å². The zero-order chi connectivity index (χ0) is 14.2. The Kier molecular flexibility index (Phi) is 4.25. The standard InChI is InChI=1S/C12H18ClNO4S/c1-8-7-17-5-4-14(8)19(15,16)12-10(3)18-9(2)11(12)6-13/h8H,4-7H2,1-3H3. The second-order valence-electron chi connectivity index (χ2n) is 4.70. The molecule has 5 nitrogen and oxygen atoms in total. The second-order valence-corrected chi connectivity index (χ2v) is 6.79. The van der Waals surface area contributed by atoms with Crippen molar-refractivity contribution in [3.05, 3.63) is 17.1 Å². The monoisotopic (exact) mass is 307 g/mol. The first-order chi connectivity index (χ1) is 8.89. The third-order valence-electron chi connectivity index (χ3n) is 3.33. The van der Waals surface area contributed by atoms with Crippen molar-refractivity contribution >= 4 is 21.6 Å². The number of sulfonamides is 1. The molecule has 1 aromatic heterocycles. The Balaban J connectivity index is 2.50. The van der Waals surface area contributed by atoms with E-state index in [1.807, 2.05) is 6.92 Å². The lowest BCUT2D eigenvalue weighted by atomic mass is 10.3. The van der Waals surface area contributed by atoms with Gasteiger partial charge in [-0.1, -0.05) is 0 Å². The molecule has 0 radical (unpaired) electrons. The minimum Gasteiger partial charge on any atom is -0.465 e. The van der Waals surface area contributed by atoms with Crippen LogP contribution in [0.25, 0.3) is 0 Å². The largest absolute Gasteiger partial charge is 0.465 e. The third-order valence-corrected chi connectivity index (χ3v) is 5.81. The lowest BCUT2D eigenvalue weighted by Gasteiger charge is -2.32. The maximum atomic E-state index is 12.8. The van der Waals surface area contributed by atoms with Gasteiger partial charge < -0.3 is 9.15 Å². The van der Waals surface area contributed by atoms with Crippen LogP contribution in [0.15, 0.2) is 9.31 Å². The zero-order valence-corrected chi connectivity index (χ0v) is 12.8. The van der Waals surface area contributed by atoms with Gasteiger partial charge >= 0.3 is 0 Å². The van der Waals surface area contributed by atoms with Gasteiger partial charge in [0.15, 0.2) is 0 Å². The SMILES string of the molecule is Cc1oc(C)c(S(=O)(=O)N2CCOCC2C)c1CCl. The van der Waals surface area contributed by atoms with Gasteiger partial charge in [-0.05, 0) is 20.8 Å². The van der Waals surface area contributed by atoms with Crippen molar-refractivity contribution < 1.29 is 17.6 Å². The Morgan fingerprint density at radius 1 is 1.37 bits per heavy atom. The number of furan rings is 1. The van der Waals surface area contributed by atoms with Gasteiger partial charge in [-0.25, -0.2) is 8.42 Å². The van der Waals surface area contributed by atoms with Gasteiger partial charge in [0, 0.05) is 18.2 Å². The van der Waals surface area contributed by atoms with E-state index in [2.05, 4.69) is 0 Å². The van der Waals surface area contributed by atoms with Crippen molar-refractivity contribution in [3.8, 4) is 0 Å². The fourth-order valence-electron chi connectivity index (χ4n) is 2.39. The van der Waals surface area contributed by atoms with Crippen LogP contribution in [0.3, 0.4) is 0 Å². The highest BCUT2D eigenvalue weighted by molar-refractivity contribution is 7.89. The molecular formula is C12H18ClNO4S. The Morgan fingerprint density at radius 2 is 2.05 bits per heavy atom. The molecule has 1 fully saturated rings. The number of halogens is 1. The fraction of sp³-hybridized carbons (Fsp3) is 0.667. The van der Waals surface area contributed by atoms with Crippen LogP contribution >= 0.6 is 11.6 Å². The molecule has 1 aliphatic heterocycles. The molecule has 0 spiro atoms. The molecule has 108 valence electrons. The average Bonchev–Trinajstić information content (AvgIpc) is 2.64. The van der Waals surface area contributed by atoms with Crippen LogP contribution in [0.2, 0.25) is 0 Å². The summed E-state index contributed by atoms with van der Waals surface area (Å²) in [6.07, 6.45) is 0. The Hall–Kier alpha value is -0.560. The van der Waals surface area contributed by atoms with E-state index >= 15 is 0 Å². The summed E-state index contributed by atoms with van der Waals surface area (Å²) in [6, 6.07) is -0.184. The van der Waals surface area contributed by atoms with Crippen molar-refractivity contribution in [3.63, 3.8) is 0 Å². The molecule has 0 amide bonds. The van der Waals surface area contributed by atoms with Crippen molar-refractivity contribution in [1.82, 2.24) is 4.31 Å². The maximum Gasteiger partial charge on any atom is 0.247 e. The number of aryl methyl sites for hydroxylation is 2. The molecule has 0 aromatic carbocycles. The van der Waals surface area contributed by atoms with Crippen LogP contribution in [-0.4, -0.2) is 38.5 Å². The molecule has 0 saturated carbocycles. The summed E-state index contributed by atoms with van der Waals surface area (Å²) in [5.41, 5.74) is 0.554. The van der Waals surface area contributed by atoms with Crippen LogP contribution in [0.5, 0.6) is 0 Å². The zero-order valence-electron chi connectivity index (χ0n) is 11.3. The van der Waals surface area contributed by atoms with Crippen LogP contribution in [0.4, 0.5) is 0 Å². The number of hydrogen-bond donors (Lipinski definition) is 0. The van der Waals surface area contributed by atoms with Crippen LogP contribution in [0, 0.1) is 13.8 Å². The van der Waals surface area contributed by atoms with E-state index in [0.717, 1.165) is 0 Å². The molecule has 1 atom stereocenters. The fourth-order valence-corrected chi connectivity index (χ4v) is 4.81. The highest BCUT2D eigenvalue weighted by Crippen LogP contribution is 2.31. The van der Waals surface area contributed by atoms with Crippen LogP contribution in [0.1, 0.15) is 24.0 Å². The molecule has 7 heteroatoms. The number of nitrogens with zero attached hydrogens (tertiary/aromatic N) is 1. The number of rotatable bonds is 3. The second kappa shape index (κ2) is 5.44. The summed E-state index contributed by atoms with van der Waals surface area (Å²) in [6.45, 7) is 6.39. The first kappa shape index (κ1) is 14.8. The normalized spacial score (nSPS) is 21.8. The number of morpholine rings is 1. The summed E-state index contributed by atoms with van der Waals surface area (Å²) in [5, 5.41) is 0. The van der Waals surface area contributed by atoms with E-state index in [4.69, 9.17) is 20.8 Å². The van der Waals surface area contributed by atoms with Gasteiger partial charge in [0.05, 0.1) is 19.1 Å². The Bertz CT molecular complexity index is 567. The molecule has 1 aromatic rings. The molecule has 0 N–H and O–H groups in total. The smallest absolute Gasteiger partial charge is 0.247 e. The third kappa shape index (κ3) is 2.54. The molecular weight excluding hydrogens is 290 g/mol. The molecule has 2 heterocycles. The summed E-state index contributed by atoms with van der Waals surface area (Å²) < 4.78 is 37.7. The molecule has 0 bridgehead atoms.